The first-order valence-corrected chi connectivity index (χ1v) is 7.05. The molecule has 2 aromatic rings. The van der Waals surface area contributed by atoms with E-state index in [2.05, 4.69) is 4.99 Å². The third-order valence-corrected chi connectivity index (χ3v) is 4.14. The Bertz CT molecular complexity index is 814. The van der Waals surface area contributed by atoms with Crippen LogP contribution in [0.2, 0.25) is 0 Å². The molecule has 0 fully saturated rings. The highest BCUT2D eigenvalue weighted by Gasteiger charge is 2.36. The van der Waals surface area contributed by atoms with E-state index in [1.54, 1.807) is 17.2 Å². The molecule has 0 spiro atoms. The van der Waals surface area contributed by atoms with Gasteiger partial charge in [0.25, 0.3) is 5.91 Å². The lowest BCUT2D eigenvalue weighted by molar-refractivity contribution is 0.0987. The number of aromatic hydroxyl groups is 1. The molecule has 1 amide bonds. The van der Waals surface area contributed by atoms with Crippen LogP contribution in [-0.2, 0) is 6.42 Å². The number of nitrogens with zero attached hydrogens (tertiary/aromatic N) is 2. The monoisotopic (exact) mass is 294 g/mol. The van der Waals surface area contributed by atoms with Crippen molar-refractivity contribution < 1.29 is 14.6 Å². The quantitative estimate of drug-likeness (QED) is 0.879. The number of phenols is 1. The number of amides is 1. The predicted molar refractivity (Wildman–Crippen MR) is 83.6 cm³/mol. The van der Waals surface area contributed by atoms with Gasteiger partial charge in [-0.15, -0.1) is 0 Å². The molecule has 0 bridgehead atoms. The molecule has 1 unspecified atom stereocenters. The minimum Gasteiger partial charge on any atom is -0.504 e. The van der Waals surface area contributed by atoms with Gasteiger partial charge >= 0.3 is 0 Å². The minimum absolute atomic E-state index is 0.0198. The lowest BCUT2D eigenvalue weighted by atomic mass is 10.1. The standard InChI is InChI=1S/C17H14N2O3/c1-22-16-7-12-13(8-15(16)20)18-9-11-6-10-4-2-3-5-14(10)19(11)17(12)21/h2-5,7-9,11,20H,6H2,1H3. The highest BCUT2D eigenvalue weighted by atomic mass is 16.5. The fraction of sp³-hybridized carbons (Fsp3) is 0.176. The normalized spacial score (nSPS) is 18.5. The summed E-state index contributed by atoms with van der Waals surface area (Å²) in [6.45, 7) is 0. The molecule has 1 atom stereocenters. The molecule has 0 saturated heterocycles. The first kappa shape index (κ1) is 12.9. The summed E-state index contributed by atoms with van der Waals surface area (Å²) in [4.78, 5) is 19.1. The van der Waals surface area contributed by atoms with Crippen molar-refractivity contribution in [3.05, 3.63) is 47.5 Å². The number of anilines is 1. The third-order valence-electron chi connectivity index (χ3n) is 4.14. The fourth-order valence-corrected chi connectivity index (χ4v) is 3.09. The van der Waals surface area contributed by atoms with Gasteiger partial charge in [-0.1, -0.05) is 18.2 Å². The number of para-hydroxylation sites is 1. The molecule has 2 heterocycles. The summed E-state index contributed by atoms with van der Waals surface area (Å²) >= 11 is 0. The first-order valence-electron chi connectivity index (χ1n) is 7.05. The van der Waals surface area contributed by atoms with Gasteiger partial charge in [0.15, 0.2) is 11.5 Å². The summed E-state index contributed by atoms with van der Waals surface area (Å²) in [5.41, 5.74) is 2.96. The zero-order chi connectivity index (χ0) is 15.3. The Labute approximate surface area is 127 Å². The summed E-state index contributed by atoms with van der Waals surface area (Å²) in [6, 6.07) is 10.8. The van der Waals surface area contributed by atoms with Crippen molar-refractivity contribution in [3.63, 3.8) is 0 Å². The topological polar surface area (TPSA) is 62.1 Å². The van der Waals surface area contributed by atoms with E-state index in [-0.39, 0.29) is 23.4 Å². The van der Waals surface area contributed by atoms with Gasteiger partial charge in [0, 0.05) is 24.4 Å². The van der Waals surface area contributed by atoms with Crippen molar-refractivity contribution in [3.8, 4) is 11.5 Å². The van der Waals surface area contributed by atoms with Gasteiger partial charge < -0.3 is 9.84 Å². The molecule has 1 N–H and O–H groups in total. The molecule has 2 aliphatic heterocycles. The van der Waals surface area contributed by atoms with Crippen LogP contribution in [0, 0.1) is 0 Å². The summed E-state index contributed by atoms with van der Waals surface area (Å²) in [7, 11) is 1.46. The lowest BCUT2D eigenvalue weighted by Gasteiger charge is -2.21. The molecule has 2 aliphatic rings. The summed E-state index contributed by atoms with van der Waals surface area (Å²) < 4.78 is 5.11. The van der Waals surface area contributed by atoms with E-state index in [4.69, 9.17) is 4.74 Å². The van der Waals surface area contributed by atoms with Crippen molar-refractivity contribution >= 4 is 23.5 Å². The van der Waals surface area contributed by atoms with Gasteiger partial charge in [0.05, 0.1) is 24.4 Å². The molecule has 110 valence electrons. The zero-order valence-corrected chi connectivity index (χ0v) is 12.0. The largest absolute Gasteiger partial charge is 0.504 e. The van der Waals surface area contributed by atoms with E-state index in [0.29, 0.717) is 11.3 Å². The Hall–Kier alpha value is -2.82. The second-order valence-electron chi connectivity index (χ2n) is 5.39. The number of methoxy groups -OCH3 is 1. The van der Waals surface area contributed by atoms with E-state index in [1.165, 1.54) is 13.2 Å². The average Bonchev–Trinajstić information content (AvgIpc) is 2.84. The van der Waals surface area contributed by atoms with Crippen LogP contribution in [0.25, 0.3) is 0 Å². The SMILES string of the molecule is COc1cc2c(cc1O)N=CC1Cc3ccccc3N1C2=O. The smallest absolute Gasteiger partial charge is 0.261 e. The van der Waals surface area contributed by atoms with Crippen molar-refractivity contribution in [2.75, 3.05) is 12.0 Å². The van der Waals surface area contributed by atoms with Crippen LogP contribution in [0.1, 0.15) is 15.9 Å². The molecule has 5 nitrogen and oxygen atoms in total. The Morgan fingerprint density at radius 2 is 2.14 bits per heavy atom. The Kier molecular flexibility index (Phi) is 2.69. The number of ether oxygens (including phenoxy) is 1. The van der Waals surface area contributed by atoms with E-state index >= 15 is 0 Å². The van der Waals surface area contributed by atoms with Gasteiger partial charge in [0.1, 0.15) is 0 Å². The maximum atomic E-state index is 13.0. The molecule has 2 aromatic carbocycles. The number of hydrogen-bond donors (Lipinski definition) is 1. The summed E-state index contributed by atoms with van der Waals surface area (Å²) in [5.74, 6) is 0.127. The predicted octanol–water partition coefficient (Wildman–Crippen LogP) is 2.69. The van der Waals surface area contributed by atoms with E-state index < -0.39 is 0 Å². The highest BCUT2D eigenvalue weighted by molar-refractivity contribution is 6.14. The molecule has 5 heteroatoms. The number of rotatable bonds is 1. The van der Waals surface area contributed by atoms with Crippen molar-refractivity contribution in [1.82, 2.24) is 0 Å². The molecule has 0 aliphatic carbocycles. The van der Waals surface area contributed by atoms with Gasteiger partial charge in [-0.25, -0.2) is 0 Å². The third kappa shape index (κ3) is 1.72. The van der Waals surface area contributed by atoms with Crippen LogP contribution in [0.5, 0.6) is 11.5 Å². The van der Waals surface area contributed by atoms with Crippen LogP contribution in [0.15, 0.2) is 41.4 Å². The molecule has 0 saturated carbocycles. The Morgan fingerprint density at radius 3 is 2.95 bits per heavy atom. The van der Waals surface area contributed by atoms with Crippen molar-refractivity contribution in [1.29, 1.82) is 0 Å². The van der Waals surface area contributed by atoms with Gasteiger partial charge in [-0.2, -0.15) is 0 Å². The average molecular weight is 294 g/mol. The number of fused-ring (bicyclic) bond motifs is 4. The molecule has 0 aromatic heterocycles. The first-order chi connectivity index (χ1) is 10.7. The van der Waals surface area contributed by atoms with Crippen molar-refractivity contribution in [2.24, 2.45) is 4.99 Å². The highest BCUT2D eigenvalue weighted by Crippen LogP contribution is 2.40. The number of benzene rings is 2. The van der Waals surface area contributed by atoms with Gasteiger partial charge in [0.2, 0.25) is 0 Å². The molecular formula is C17H14N2O3. The number of carbonyl (C=O) groups is 1. The maximum absolute atomic E-state index is 13.0. The van der Waals surface area contributed by atoms with E-state index in [1.807, 2.05) is 24.3 Å². The van der Waals surface area contributed by atoms with E-state index in [9.17, 15) is 9.90 Å². The molecular weight excluding hydrogens is 280 g/mol. The minimum atomic E-state index is -0.124. The fourth-order valence-electron chi connectivity index (χ4n) is 3.09. The second kappa shape index (κ2) is 4.59. The molecule has 4 rings (SSSR count). The van der Waals surface area contributed by atoms with Gasteiger partial charge in [-0.3, -0.25) is 14.7 Å². The summed E-state index contributed by atoms with van der Waals surface area (Å²) in [6.07, 6.45) is 2.53. The number of phenolic OH excluding ortho intramolecular Hbond substituents is 1. The maximum Gasteiger partial charge on any atom is 0.261 e. The van der Waals surface area contributed by atoms with Crippen LogP contribution in [-0.4, -0.2) is 30.4 Å². The van der Waals surface area contributed by atoms with E-state index in [0.717, 1.165) is 17.7 Å². The van der Waals surface area contributed by atoms with Gasteiger partial charge in [-0.05, 0) is 17.7 Å². The number of carbonyl (C=O) groups excluding carboxylic acids is 1. The molecule has 22 heavy (non-hydrogen) atoms. The number of aliphatic imine (C=N–C) groups is 1. The van der Waals surface area contributed by atoms with Crippen LogP contribution < -0.4 is 9.64 Å². The van der Waals surface area contributed by atoms with Crippen LogP contribution >= 0.6 is 0 Å². The Balaban J connectivity index is 1.88. The summed E-state index contributed by atoms with van der Waals surface area (Å²) in [5, 5.41) is 9.88. The second-order valence-corrected chi connectivity index (χ2v) is 5.39. The zero-order valence-electron chi connectivity index (χ0n) is 12.0. The number of hydrogen-bond acceptors (Lipinski definition) is 4. The van der Waals surface area contributed by atoms with Crippen LogP contribution in [0.4, 0.5) is 11.4 Å². The van der Waals surface area contributed by atoms with Crippen molar-refractivity contribution in [2.45, 2.75) is 12.5 Å². The lowest BCUT2D eigenvalue weighted by Crippen LogP contribution is -2.37. The Morgan fingerprint density at radius 1 is 1.32 bits per heavy atom. The molecule has 0 radical (unpaired) electrons. The van der Waals surface area contributed by atoms with Crippen LogP contribution in [0.3, 0.4) is 0 Å².